The fourth-order valence-corrected chi connectivity index (χ4v) is 6.59. The number of rotatable bonds is 4. The van der Waals surface area contributed by atoms with Crippen LogP contribution in [0.3, 0.4) is 0 Å². The van der Waals surface area contributed by atoms with Crippen LogP contribution in [-0.4, -0.2) is 44.2 Å². The topological polar surface area (TPSA) is 74.3 Å². The van der Waals surface area contributed by atoms with Crippen molar-refractivity contribution in [1.82, 2.24) is 0 Å². The minimum atomic E-state index is -0.770. The molecule has 2 heterocycles. The maximum atomic E-state index is 13.8. The van der Waals surface area contributed by atoms with Crippen molar-refractivity contribution >= 4 is 51.7 Å². The van der Waals surface area contributed by atoms with Gasteiger partial charge in [-0.05, 0) is 73.1 Å². The fourth-order valence-electron chi connectivity index (χ4n) is 4.98. The summed E-state index contributed by atoms with van der Waals surface area (Å²) in [5, 5.41) is 0.419. The highest BCUT2D eigenvalue weighted by molar-refractivity contribution is 14.1. The highest BCUT2D eigenvalue weighted by Gasteiger charge is 2.44. The largest absolute Gasteiger partial charge is 0.514 e. The number of thiophene rings is 1. The quantitative estimate of drug-likeness (QED) is 0.364. The van der Waals surface area contributed by atoms with Gasteiger partial charge in [0.05, 0.1) is 28.9 Å². The van der Waals surface area contributed by atoms with Gasteiger partial charge in [-0.3, -0.25) is 4.79 Å². The molecule has 1 amide bonds. The molecule has 3 fully saturated rings. The first-order valence-corrected chi connectivity index (χ1v) is 13.0. The number of ether oxygens (including phenoxy) is 4. The molecule has 172 valence electrons. The zero-order chi connectivity index (χ0) is 22.0. The van der Waals surface area contributed by atoms with Crippen molar-refractivity contribution in [2.45, 2.75) is 70.1 Å². The molecule has 4 rings (SSSR count). The lowest BCUT2D eigenvalue weighted by atomic mass is 9.81. The molecular formula is C22H30INO6S. The zero-order valence-electron chi connectivity index (χ0n) is 18.1. The summed E-state index contributed by atoms with van der Waals surface area (Å²) in [5.74, 6) is 0.337. The van der Waals surface area contributed by atoms with E-state index in [4.69, 9.17) is 18.9 Å². The van der Waals surface area contributed by atoms with Crippen molar-refractivity contribution in [2.75, 3.05) is 25.2 Å². The molecule has 3 aliphatic rings. The number of anilines is 1. The van der Waals surface area contributed by atoms with E-state index < -0.39 is 11.9 Å². The van der Waals surface area contributed by atoms with Crippen LogP contribution in [0, 0.1) is 14.7 Å². The first kappa shape index (κ1) is 23.3. The van der Waals surface area contributed by atoms with Crippen molar-refractivity contribution in [3.05, 3.63) is 8.95 Å². The Bertz CT molecular complexity index is 790. The molecule has 0 aromatic carbocycles. The first-order valence-electron chi connectivity index (χ1n) is 11.1. The van der Waals surface area contributed by atoms with Gasteiger partial charge in [0.1, 0.15) is 0 Å². The molecule has 0 N–H and O–H groups in total. The lowest BCUT2D eigenvalue weighted by Crippen LogP contribution is -2.49. The van der Waals surface area contributed by atoms with Gasteiger partial charge in [-0.15, -0.1) is 0 Å². The van der Waals surface area contributed by atoms with E-state index in [1.54, 1.807) is 0 Å². The summed E-state index contributed by atoms with van der Waals surface area (Å²) in [5.41, 5.74) is 0.678. The van der Waals surface area contributed by atoms with Crippen molar-refractivity contribution < 1.29 is 28.5 Å². The first-order chi connectivity index (χ1) is 14.9. The second-order valence-corrected chi connectivity index (χ2v) is 11.7. The van der Waals surface area contributed by atoms with Gasteiger partial charge in [0, 0.05) is 24.8 Å². The van der Waals surface area contributed by atoms with Crippen LogP contribution < -0.4 is 9.64 Å². The molecule has 2 aliphatic carbocycles. The van der Waals surface area contributed by atoms with Gasteiger partial charge in [-0.25, -0.2) is 4.79 Å². The minimum absolute atomic E-state index is 0.00889. The van der Waals surface area contributed by atoms with Crippen LogP contribution in [0.25, 0.3) is 0 Å². The van der Waals surface area contributed by atoms with Crippen molar-refractivity contribution in [3.63, 3.8) is 0 Å². The third-order valence-corrected chi connectivity index (χ3v) is 8.51. The average Bonchev–Trinajstić information content (AvgIpc) is 3.36. The number of nitrogens with zero attached hydrogens (tertiary/aromatic N) is 1. The maximum absolute atomic E-state index is 13.8. The van der Waals surface area contributed by atoms with Crippen molar-refractivity contribution in [3.8, 4) is 5.06 Å². The Morgan fingerprint density at radius 1 is 1.13 bits per heavy atom. The van der Waals surface area contributed by atoms with Crippen LogP contribution in [0.15, 0.2) is 6.07 Å². The lowest BCUT2D eigenvalue weighted by Gasteiger charge is -2.41. The molecule has 1 saturated heterocycles. The lowest BCUT2D eigenvalue weighted by molar-refractivity contribution is -0.179. The van der Waals surface area contributed by atoms with Gasteiger partial charge in [0.15, 0.2) is 5.79 Å². The monoisotopic (exact) mass is 563 g/mol. The summed E-state index contributed by atoms with van der Waals surface area (Å²) in [6, 6.07) is 1.97. The van der Waals surface area contributed by atoms with Gasteiger partial charge in [-0.2, -0.15) is 0 Å². The Kier molecular flexibility index (Phi) is 7.45. The van der Waals surface area contributed by atoms with Crippen LogP contribution in [0.5, 0.6) is 5.06 Å². The Balaban J connectivity index is 1.60. The molecule has 0 unspecified atom stereocenters. The van der Waals surface area contributed by atoms with E-state index in [1.165, 1.54) is 18.4 Å². The number of carbonyl (C=O) groups excluding carboxylic acids is 2. The van der Waals surface area contributed by atoms with Crippen LogP contribution in [0.4, 0.5) is 10.5 Å². The van der Waals surface area contributed by atoms with E-state index in [0.717, 1.165) is 54.3 Å². The predicted octanol–water partition coefficient (Wildman–Crippen LogP) is 5.34. The Labute approximate surface area is 200 Å². The fraction of sp³-hybridized carbons (Fsp3) is 0.727. The highest BCUT2D eigenvalue weighted by atomic mass is 127. The second kappa shape index (κ2) is 9.93. The van der Waals surface area contributed by atoms with Gasteiger partial charge >= 0.3 is 6.16 Å². The number of carbonyl (C=O) groups is 2. The average molecular weight is 563 g/mol. The second-order valence-electron chi connectivity index (χ2n) is 8.78. The number of hydrogen-bond acceptors (Lipinski definition) is 7. The van der Waals surface area contributed by atoms with Crippen molar-refractivity contribution in [2.24, 2.45) is 11.8 Å². The molecule has 1 aromatic heterocycles. The Hall–Kier alpha value is -0.910. The molecular weight excluding hydrogens is 533 g/mol. The molecule has 1 spiro atoms. The summed E-state index contributed by atoms with van der Waals surface area (Å²) >= 11 is 3.56. The normalized spacial score (nSPS) is 26.0. The van der Waals surface area contributed by atoms with Gasteiger partial charge < -0.3 is 23.8 Å². The maximum Gasteiger partial charge on any atom is 0.514 e. The van der Waals surface area contributed by atoms with Crippen LogP contribution >= 0.6 is 33.9 Å². The zero-order valence-corrected chi connectivity index (χ0v) is 21.0. The number of methoxy groups -OCH3 is 1. The smallest absolute Gasteiger partial charge is 0.437 e. The van der Waals surface area contributed by atoms with Crippen LogP contribution in [0.1, 0.15) is 58.3 Å². The van der Waals surface area contributed by atoms with Gasteiger partial charge in [-0.1, -0.05) is 18.3 Å². The molecule has 0 atom stereocenters. The standard InChI is InChI=1S/C22H30INO6S/c1-14-3-5-15(6-4-14)19(25)24(16-7-9-22(10-8-16)28-11-12-29-22)17-13-18(23)31-20(17)30-21(26)27-2/h13-16H,3-12H2,1-2H3. The van der Waals surface area contributed by atoms with Gasteiger partial charge in [0.25, 0.3) is 0 Å². The van der Waals surface area contributed by atoms with E-state index in [1.807, 2.05) is 11.0 Å². The minimum Gasteiger partial charge on any atom is -0.437 e. The number of amides is 1. The molecule has 7 nitrogen and oxygen atoms in total. The molecule has 9 heteroatoms. The summed E-state index contributed by atoms with van der Waals surface area (Å²) < 4.78 is 22.9. The van der Waals surface area contributed by atoms with E-state index >= 15 is 0 Å². The van der Waals surface area contributed by atoms with Crippen LogP contribution in [0.2, 0.25) is 0 Å². The molecule has 0 bridgehead atoms. The van der Waals surface area contributed by atoms with E-state index in [9.17, 15) is 9.59 Å². The van der Waals surface area contributed by atoms with E-state index in [0.29, 0.717) is 29.9 Å². The Morgan fingerprint density at radius 3 is 2.39 bits per heavy atom. The summed E-state index contributed by atoms with van der Waals surface area (Å²) in [4.78, 5) is 27.6. The Morgan fingerprint density at radius 2 is 1.77 bits per heavy atom. The van der Waals surface area contributed by atoms with Crippen molar-refractivity contribution in [1.29, 1.82) is 0 Å². The highest BCUT2D eigenvalue weighted by Crippen LogP contribution is 2.45. The van der Waals surface area contributed by atoms with Crippen LogP contribution in [-0.2, 0) is 19.0 Å². The van der Waals surface area contributed by atoms with E-state index in [-0.39, 0.29) is 17.9 Å². The predicted molar refractivity (Wildman–Crippen MR) is 126 cm³/mol. The number of hydrogen-bond donors (Lipinski definition) is 0. The molecule has 2 saturated carbocycles. The summed E-state index contributed by atoms with van der Waals surface area (Å²) in [6.45, 7) is 3.52. The number of halogens is 1. The summed E-state index contributed by atoms with van der Waals surface area (Å²) in [6.07, 6.45) is 6.31. The molecule has 1 aromatic rings. The SMILES string of the molecule is COC(=O)Oc1sc(I)cc1N(C(=O)C1CCC(C)CC1)C1CCC2(CC1)OCCO2. The van der Waals surface area contributed by atoms with Gasteiger partial charge in [0.2, 0.25) is 11.0 Å². The molecule has 0 radical (unpaired) electrons. The molecule has 31 heavy (non-hydrogen) atoms. The third kappa shape index (κ3) is 5.20. The summed E-state index contributed by atoms with van der Waals surface area (Å²) in [7, 11) is 1.29. The molecule has 1 aliphatic heterocycles. The van der Waals surface area contributed by atoms with E-state index in [2.05, 4.69) is 29.5 Å². The third-order valence-electron chi connectivity index (χ3n) is 6.75.